The molecule has 28 heavy (non-hydrogen) atoms. The van der Waals surface area contributed by atoms with Crippen LogP contribution in [0.5, 0.6) is 0 Å². The number of aryl methyl sites for hydroxylation is 1. The molecule has 4 N–H and O–H groups in total. The first-order chi connectivity index (χ1) is 13.3. The smallest absolute Gasteiger partial charge is 0.321 e. The number of amides is 4. The van der Waals surface area contributed by atoms with Crippen molar-refractivity contribution in [2.75, 3.05) is 0 Å². The van der Waals surface area contributed by atoms with Crippen LogP contribution in [-0.2, 0) is 17.9 Å². The number of benzene rings is 1. The Morgan fingerprint density at radius 2 is 1.86 bits per heavy atom. The summed E-state index contributed by atoms with van der Waals surface area (Å²) in [6.07, 6.45) is 0.579. The maximum atomic E-state index is 12.1. The number of rotatable bonds is 7. The van der Waals surface area contributed by atoms with E-state index in [1.165, 1.54) is 0 Å². The van der Waals surface area contributed by atoms with E-state index in [4.69, 9.17) is 5.73 Å². The first kappa shape index (κ1) is 20.3. The molecule has 11 heteroatoms. The number of carbonyl (C=O) groups is 3. The fourth-order valence-corrected chi connectivity index (χ4v) is 2.30. The zero-order chi connectivity index (χ0) is 20.7. The van der Waals surface area contributed by atoms with Crippen molar-refractivity contribution < 1.29 is 19.3 Å². The van der Waals surface area contributed by atoms with Gasteiger partial charge in [0.15, 0.2) is 0 Å². The second kappa shape index (κ2) is 9.07. The third-order valence-corrected chi connectivity index (χ3v) is 3.68. The molecule has 0 atom stereocenters. The Morgan fingerprint density at radius 3 is 2.46 bits per heavy atom. The Morgan fingerprint density at radius 1 is 1.18 bits per heavy atom. The van der Waals surface area contributed by atoms with Crippen LogP contribution in [0.1, 0.15) is 22.3 Å². The molecule has 0 unspecified atom stereocenters. The molecule has 1 aromatic carbocycles. The van der Waals surface area contributed by atoms with Crippen molar-refractivity contribution in [1.29, 1.82) is 0 Å². The molecule has 0 bridgehead atoms. The van der Waals surface area contributed by atoms with Gasteiger partial charge in [0.1, 0.15) is 5.56 Å². The molecule has 2 aromatic rings. The molecule has 0 aliphatic heterocycles. The van der Waals surface area contributed by atoms with Crippen LogP contribution in [-0.4, -0.2) is 27.3 Å². The third-order valence-electron chi connectivity index (χ3n) is 3.68. The van der Waals surface area contributed by atoms with Crippen molar-refractivity contribution in [2.24, 2.45) is 5.73 Å². The molecular formula is C17H17N5O6. The van der Waals surface area contributed by atoms with Crippen LogP contribution in [0.25, 0.3) is 0 Å². The lowest BCUT2D eigenvalue weighted by Gasteiger charge is -2.09. The third kappa shape index (κ3) is 5.49. The second-order valence-corrected chi connectivity index (χ2v) is 5.70. The number of imide groups is 1. The molecule has 0 spiro atoms. The molecule has 2 rings (SSSR count). The van der Waals surface area contributed by atoms with Crippen molar-refractivity contribution in [3.8, 4) is 0 Å². The van der Waals surface area contributed by atoms with Gasteiger partial charge in [0, 0.05) is 25.6 Å². The number of pyridine rings is 1. The number of primary amides is 1. The van der Waals surface area contributed by atoms with E-state index in [0.29, 0.717) is 0 Å². The fraction of sp³-hybridized carbons (Fsp3) is 0.176. The van der Waals surface area contributed by atoms with Crippen molar-refractivity contribution in [3.05, 3.63) is 74.2 Å². The lowest BCUT2D eigenvalue weighted by Crippen LogP contribution is -2.39. The number of aromatic nitrogens is 1. The summed E-state index contributed by atoms with van der Waals surface area (Å²) >= 11 is 0. The zero-order valence-electron chi connectivity index (χ0n) is 14.6. The van der Waals surface area contributed by atoms with Crippen LogP contribution < -0.4 is 21.9 Å². The van der Waals surface area contributed by atoms with E-state index in [0.717, 1.165) is 22.4 Å². The Balaban J connectivity index is 1.96. The summed E-state index contributed by atoms with van der Waals surface area (Å²) in [5, 5.41) is 15.5. The molecule has 146 valence electrons. The van der Waals surface area contributed by atoms with Gasteiger partial charge in [-0.15, -0.1) is 0 Å². The first-order valence-electron chi connectivity index (χ1n) is 8.08. The monoisotopic (exact) mass is 387 g/mol. The van der Waals surface area contributed by atoms with Crippen LogP contribution in [0.15, 0.2) is 47.4 Å². The molecule has 4 amide bonds. The minimum atomic E-state index is -1.12. The van der Waals surface area contributed by atoms with Gasteiger partial charge in [-0.2, -0.15) is 0 Å². The molecule has 1 heterocycles. The lowest BCUT2D eigenvalue weighted by atomic mass is 10.2. The maximum absolute atomic E-state index is 12.1. The van der Waals surface area contributed by atoms with Gasteiger partial charge in [-0.3, -0.25) is 29.8 Å². The van der Waals surface area contributed by atoms with E-state index in [-0.39, 0.29) is 19.5 Å². The van der Waals surface area contributed by atoms with Gasteiger partial charge in [0.25, 0.3) is 17.2 Å². The van der Waals surface area contributed by atoms with E-state index in [1.54, 1.807) is 24.3 Å². The van der Waals surface area contributed by atoms with Crippen molar-refractivity contribution >= 4 is 23.5 Å². The normalized spacial score (nSPS) is 10.1. The lowest BCUT2D eigenvalue weighted by molar-refractivity contribution is -0.385. The molecule has 0 radical (unpaired) electrons. The molecule has 0 saturated heterocycles. The Bertz CT molecular complexity index is 970. The number of nitrogens with zero attached hydrogens (tertiary/aromatic N) is 2. The summed E-state index contributed by atoms with van der Waals surface area (Å²) in [7, 11) is 0. The van der Waals surface area contributed by atoms with Gasteiger partial charge in [-0.1, -0.05) is 30.3 Å². The summed E-state index contributed by atoms with van der Waals surface area (Å²) in [6, 6.07) is 9.08. The standard InChI is InChI=1S/C17H17N5O6/c18-15(24)13-8-12(22(27)28)10-21(16(13)25)7-6-14(23)20-17(26)19-9-11-4-2-1-3-5-11/h1-5,8,10H,6-7,9H2,(H2,18,24)(H2,19,20,23,26). The highest BCUT2D eigenvalue weighted by molar-refractivity contribution is 5.94. The van der Waals surface area contributed by atoms with E-state index < -0.39 is 39.6 Å². The predicted molar refractivity (Wildman–Crippen MR) is 97.3 cm³/mol. The van der Waals surface area contributed by atoms with Crippen LogP contribution >= 0.6 is 0 Å². The van der Waals surface area contributed by atoms with Gasteiger partial charge in [-0.25, -0.2) is 4.79 Å². The molecule has 11 nitrogen and oxygen atoms in total. The quantitative estimate of drug-likeness (QED) is 0.455. The summed E-state index contributed by atoms with van der Waals surface area (Å²) < 4.78 is 0.833. The Kier molecular flexibility index (Phi) is 6.58. The zero-order valence-corrected chi connectivity index (χ0v) is 14.6. The van der Waals surface area contributed by atoms with Crippen LogP contribution in [0.2, 0.25) is 0 Å². The molecular weight excluding hydrogens is 370 g/mol. The van der Waals surface area contributed by atoms with Gasteiger partial charge < -0.3 is 15.6 Å². The predicted octanol–water partition coefficient (Wildman–Crippen LogP) is 0.271. The molecule has 1 aromatic heterocycles. The van der Waals surface area contributed by atoms with E-state index >= 15 is 0 Å². The number of hydrogen-bond acceptors (Lipinski definition) is 6. The fourth-order valence-electron chi connectivity index (χ4n) is 2.30. The van der Waals surface area contributed by atoms with Crippen LogP contribution in [0, 0.1) is 10.1 Å². The van der Waals surface area contributed by atoms with E-state index in [2.05, 4.69) is 10.6 Å². The number of hydrogen-bond donors (Lipinski definition) is 3. The number of carbonyl (C=O) groups excluding carboxylic acids is 3. The Labute approximate surface area is 158 Å². The number of nitro groups is 1. The molecule has 0 fully saturated rings. The van der Waals surface area contributed by atoms with Crippen molar-refractivity contribution in [3.63, 3.8) is 0 Å². The highest BCUT2D eigenvalue weighted by Crippen LogP contribution is 2.10. The average Bonchev–Trinajstić information content (AvgIpc) is 2.66. The summed E-state index contributed by atoms with van der Waals surface area (Å²) in [4.78, 5) is 57.1. The summed E-state index contributed by atoms with van der Waals surface area (Å²) in [5.74, 6) is -1.82. The van der Waals surface area contributed by atoms with Gasteiger partial charge in [-0.05, 0) is 5.56 Å². The van der Waals surface area contributed by atoms with Crippen LogP contribution in [0.4, 0.5) is 10.5 Å². The second-order valence-electron chi connectivity index (χ2n) is 5.70. The summed E-state index contributed by atoms with van der Waals surface area (Å²) in [6.45, 7) is -0.0646. The number of nitrogens with one attached hydrogen (secondary N) is 2. The van der Waals surface area contributed by atoms with Crippen molar-refractivity contribution in [2.45, 2.75) is 19.5 Å². The number of nitrogens with two attached hydrogens (primary N) is 1. The largest absolute Gasteiger partial charge is 0.365 e. The molecule has 0 aliphatic carbocycles. The highest BCUT2D eigenvalue weighted by atomic mass is 16.6. The van der Waals surface area contributed by atoms with Gasteiger partial charge >= 0.3 is 6.03 Å². The van der Waals surface area contributed by atoms with E-state index in [9.17, 15) is 29.3 Å². The average molecular weight is 387 g/mol. The van der Waals surface area contributed by atoms with E-state index in [1.807, 2.05) is 6.07 Å². The van der Waals surface area contributed by atoms with Crippen LogP contribution in [0.3, 0.4) is 0 Å². The molecule has 0 saturated carbocycles. The molecule has 0 aliphatic rings. The highest BCUT2D eigenvalue weighted by Gasteiger charge is 2.18. The SMILES string of the molecule is NC(=O)c1cc([N+](=O)[O-])cn(CCC(=O)NC(=O)NCc2ccccc2)c1=O. The minimum Gasteiger partial charge on any atom is -0.365 e. The number of urea groups is 1. The summed E-state index contributed by atoms with van der Waals surface area (Å²) in [5.41, 5.74) is 3.95. The topological polar surface area (TPSA) is 166 Å². The van der Waals surface area contributed by atoms with Gasteiger partial charge in [0.2, 0.25) is 5.91 Å². The van der Waals surface area contributed by atoms with Crippen molar-refractivity contribution in [1.82, 2.24) is 15.2 Å². The maximum Gasteiger partial charge on any atom is 0.321 e. The minimum absolute atomic E-state index is 0.215. The first-order valence-corrected chi connectivity index (χ1v) is 8.08. The van der Waals surface area contributed by atoms with Gasteiger partial charge in [0.05, 0.1) is 11.1 Å². The Hall–Kier alpha value is -4.02.